The zero-order valence-electron chi connectivity index (χ0n) is 15.9. The Hall–Kier alpha value is -2.09. The molecule has 1 atom stereocenters. The van der Waals surface area contributed by atoms with Crippen LogP contribution in [0, 0.1) is 0 Å². The van der Waals surface area contributed by atoms with Gasteiger partial charge in [0.1, 0.15) is 0 Å². The number of amides is 1. The molecule has 1 amide bonds. The molecule has 0 aliphatic heterocycles. The monoisotopic (exact) mass is 423 g/mol. The molecule has 0 fully saturated rings. The Morgan fingerprint density at radius 1 is 1.14 bits per heavy atom. The molecule has 0 saturated heterocycles. The van der Waals surface area contributed by atoms with E-state index in [1.54, 1.807) is 13.8 Å². The van der Waals surface area contributed by atoms with Gasteiger partial charge in [-0.15, -0.1) is 12.4 Å². The van der Waals surface area contributed by atoms with E-state index in [1.807, 2.05) is 18.2 Å². The molecule has 0 radical (unpaired) electrons. The first-order valence-corrected chi connectivity index (χ1v) is 10.6. The summed E-state index contributed by atoms with van der Waals surface area (Å²) in [5, 5.41) is 3.06. The van der Waals surface area contributed by atoms with Crippen molar-refractivity contribution in [3.05, 3.63) is 59.2 Å². The van der Waals surface area contributed by atoms with Crippen LogP contribution in [0.4, 0.5) is 5.69 Å². The van der Waals surface area contributed by atoms with Gasteiger partial charge in [0.05, 0.1) is 10.9 Å². The summed E-state index contributed by atoms with van der Waals surface area (Å²) in [6.45, 7) is 3.52. The maximum Gasteiger partial charge on any atom is 0.251 e. The molecule has 0 heterocycles. The predicted molar refractivity (Wildman–Crippen MR) is 113 cm³/mol. The molecule has 0 spiro atoms. The van der Waals surface area contributed by atoms with Crippen molar-refractivity contribution in [3.63, 3.8) is 0 Å². The summed E-state index contributed by atoms with van der Waals surface area (Å²) < 4.78 is 26.9. The fraction of sp³-hybridized carbons (Fsp3) is 0.350. The Morgan fingerprint density at radius 3 is 2.46 bits per heavy atom. The number of anilines is 1. The lowest BCUT2D eigenvalue weighted by Gasteiger charge is -2.26. The summed E-state index contributed by atoms with van der Waals surface area (Å²) in [6, 6.07) is 11.5. The third-order valence-electron chi connectivity index (χ3n) is 4.60. The van der Waals surface area contributed by atoms with E-state index >= 15 is 0 Å². The largest absolute Gasteiger partial charge is 0.399 e. The van der Waals surface area contributed by atoms with Crippen LogP contribution in [-0.4, -0.2) is 20.4 Å². The quantitative estimate of drug-likeness (QED) is 0.642. The highest BCUT2D eigenvalue weighted by molar-refractivity contribution is 7.89. The van der Waals surface area contributed by atoms with Gasteiger partial charge in [-0.05, 0) is 80.6 Å². The Balaban J connectivity index is 0.00000280. The molecule has 6 nitrogen and oxygen atoms in total. The molecule has 1 unspecified atom stereocenters. The minimum Gasteiger partial charge on any atom is -0.399 e. The average molecular weight is 424 g/mol. The average Bonchev–Trinajstić information content (AvgIpc) is 2.60. The predicted octanol–water partition coefficient (Wildman–Crippen LogP) is 3.18. The van der Waals surface area contributed by atoms with Gasteiger partial charge in [0, 0.05) is 17.3 Å². The summed E-state index contributed by atoms with van der Waals surface area (Å²) in [7, 11) is -3.57. The van der Waals surface area contributed by atoms with Gasteiger partial charge in [0.25, 0.3) is 5.91 Å². The standard InChI is InChI=1S/C20H25N3O3S.ClH/c1-13(2)23-27(25,26)17-9-6-14(7-10-17)20(24)22-19-5-3-4-15-12-16(21)8-11-18(15)19;/h6-13,19,23H,3-5,21H2,1-2H3,(H,22,24);1H. The summed E-state index contributed by atoms with van der Waals surface area (Å²) in [6.07, 6.45) is 2.81. The molecule has 8 heteroatoms. The molecule has 0 bridgehead atoms. The summed E-state index contributed by atoms with van der Waals surface area (Å²) in [4.78, 5) is 12.8. The van der Waals surface area contributed by atoms with Crippen LogP contribution in [-0.2, 0) is 16.4 Å². The molecule has 3 rings (SSSR count). The fourth-order valence-electron chi connectivity index (χ4n) is 3.39. The highest BCUT2D eigenvalue weighted by Crippen LogP contribution is 2.31. The van der Waals surface area contributed by atoms with E-state index in [1.165, 1.54) is 29.8 Å². The maximum atomic E-state index is 12.6. The number of carbonyl (C=O) groups is 1. The van der Waals surface area contributed by atoms with Crippen molar-refractivity contribution in [2.45, 2.75) is 50.1 Å². The molecule has 0 aromatic heterocycles. The molecule has 0 saturated carbocycles. The van der Waals surface area contributed by atoms with Crippen molar-refractivity contribution in [3.8, 4) is 0 Å². The van der Waals surface area contributed by atoms with Gasteiger partial charge < -0.3 is 11.1 Å². The second kappa shape index (κ2) is 8.94. The van der Waals surface area contributed by atoms with Gasteiger partial charge in [-0.3, -0.25) is 4.79 Å². The number of halogens is 1. The third-order valence-corrected chi connectivity index (χ3v) is 6.28. The maximum absolute atomic E-state index is 12.6. The van der Waals surface area contributed by atoms with Gasteiger partial charge in [-0.25, -0.2) is 13.1 Å². The topological polar surface area (TPSA) is 101 Å². The van der Waals surface area contributed by atoms with E-state index in [9.17, 15) is 13.2 Å². The Bertz CT molecular complexity index is 944. The number of nitrogen functional groups attached to an aromatic ring is 1. The first-order chi connectivity index (χ1) is 12.8. The van der Waals surface area contributed by atoms with Crippen LogP contribution in [0.3, 0.4) is 0 Å². The van der Waals surface area contributed by atoms with Crippen LogP contribution < -0.4 is 15.8 Å². The smallest absolute Gasteiger partial charge is 0.251 e. The van der Waals surface area contributed by atoms with E-state index in [0.717, 1.165) is 30.5 Å². The summed E-state index contributed by atoms with van der Waals surface area (Å²) in [5.41, 5.74) is 9.29. The molecule has 28 heavy (non-hydrogen) atoms. The molecular weight excluding hydrogens is 398 g/mol. The van der Waals surface area contributed by atoms with Gasteiger partial charge in [-0.1, -0.05) is 6.07 Å². The zero-order valence-corrected chi connectivity index (χ0v) is 17.6. The summed E-state index contributed by atoms with van der Waals surface area (Å²) >= 11 is 0. The minimum absolute atomic E-state index is 0. The second-order valence-corrected chi connectivity index (χ2v) is 8.89. The van der Waals surface area contributed by atoms with Crippen molar-refractivity contribution in [1.29, 1.82) is 0 Å². The van der Waals surface area contributed by atoms with E-state index in [-0.39, 0.29) is 35.3 Å². The van der Waals surface area contributed by atoms with Gasteiger partial charge in [0.15, 0.2) is 0 Å². The highest BCUT2D eigenvalue weighted by Gasteiger charge is 2.23. The first-order valence-electron chi connectivity index (χ1n) is 9.08. The lowest BCUT2D eigenvalue weighted by Crippen LogP contribution is -2.31. The Morgan fingerprint density at radius 2 is 1.82 bits per heavy atom. The third kappa shape index (κ3) is 5.04. The van der Waals surface area contributed by atoms with Crippen LogP contribution >= 0.6 is 12.4 Å². The van der Waals surface area contributed by atoms with E-state index in [0.29, 0.717) is 5.56 Å². The van der Waals surface area contributed by atoms with Crippen molar-refractivity contribution < 1.29 is 13.2 Å². The van der Waals surface area contributed by atoms with Crippen molar-refractivity contribution in [1.82, 2.24) is 10.0 Å². The fourth-order valence-corrected chi connectivity index (χ4v) is 4.64. The van der Waals surface area contributed by atoms with Gasteiger partial charge in [-0.2, -0.15) is 0 Å². The molecule has 1 aliphatic rings. The number of fused-ring (bicyclic) bond motifs is 1. The summed E-state index contributed by atoms with van der Waals surface area (Å²) in [5.74, 6) is -0.217. The molecular formula is C20H26ClN3O3S. The zero-order chi connectivity index (χ0) is 19.6. The lowest BCUT2D eigenvalue weighted by atomic mass is 9.87. The van der Waals surface area contributed by atoms with Crippen molar-refractivity contribution in [2.75, 3.05) is 5.73 Å². The number of sulfonamides is 1. The molecule has 1 aliphatic carbocycles. The van der Waals surface area contributed by atoms with Crippen molar-refractivity contribution in [2.24, 2.45) is 0 Å². The second-order valence-electron chi connectivity index (χ2n) is 7.18. The number of benzene rings is 2. The Kier molecular flexibility index (Phi) is 7.09. The minimum atomic E-state index is -3.57. The number of carbonyl (C=O) groups excluding carboxylic acids is 1. The highest BCUT2D eigenvalue weighted by atomic mass is 35.5. The van der Waals surface area contributed by atoms with E-state index in [4.69, 9.17) is 5.73 Å². The number of nitrogens with two attached hydrogens (primary N) is 1. The number of nitrogens with one attached hydrogen (secondary N) is 2. The lowest BCUT2D eigenvalue weighted by molar-refractivity contribution is 0.0932. The number of hydrogen-bond donors (Lipinski definition) is 3. The Labute approximate surface area is 172 Å². The van der Waals surface area contributed by atoms with E-state index in [2.05, 4.69) is 10.0 Å². The molecule has 2 aromatic carbocycles. The van der Waals surface area contributed by atoms with Crippen molar-refractivity contribution >= 4 is 34.0 Å². The van der Waals surface area contributed by atoms with Crippen LogP contribution in [0.2, 0.25) is 0 Å². The van der Waals surface area contributed by atoms with Crippen LogP contribution in [0.15, 0.2) is 47.4 Å². The number of hydrogen-bond acceptors (Lipinski definition) is 4. The first kappa shape index (κ1) is 22.2. The molecule has 152 valence electrons. The van der Waals surface area contributed by atoms with Gasteiger partial charge >= 0.3 is 0 Å². The van der Waals surface area contributed by atoms with Crippen LogP contribution in [0.1, 0.15) is 54.2 Å². The molecule has 2 aromatic rings. The van der Waals surface area contributed by atoms with Crippen LogP contribution in [0.5, 0.6) is 0 Å². The molecule has 4 N–H and O–H groups in total. The SMILES string of the molecule is CC(C)NS(=O)(=O)c1ccc(C(=O)NC2CCCc3cc(N)ccc32)cc1.Cl. The normalized spacial score (nSPS) is 16.2. The van der Waals surface area contributed by atoms with Gasteiger partial charge in [0.2, 0.25) is 10.0 Å². The number of rotatable bonds is 5. The van der Waals surface area contributed by atoms with E-state index < -0.39 is 10.0 Å². The van der Waals surface area contributed by atoms with Crippen LogP contribution in [0.25, 0.3) is 0 Å². The number of aryl methyl sites for hydroxylation is 1.